The molecule has 0 saturated carbocycles. The predicted octanol–water partition coefficient (Wildman–Crippen LogP) is 1.34. The SMILES string of the molecule is COc1ncccc1C(=O)N1CC(C)OCC1C. The van der Waals surface area contributed by atoms with Gasteiger partial charge in [-0.25, -0.2) is 4.98 Å². The quantitative estimate of drug-likeness (QED) is 0.794. The van der Waals surface area contributed by atoms with E-state index in [-0.39, 0.29) is 18.1 Å². The molecule has 0 radical (unpaired) electrons. The number of rotatable bonds is 2. The number of hydrogen-bond acceptors (Lipinski definition) is 4. The van der Waals surface area contributed by atoms with Crippen molar-refractivity contribution in [3.63, 3.8) is 0 Å². The smallest absolute Gasteiger partial charge is 0.259 e. The van der Waals surface area contributed by atoms with E-state index in [4.69, 9.17) is 9.47 Å². The number of methoxy groups -OCH3 is 1. The molecule has 5 nitrogen and oxygen atoms in total. The molecule has 0 spiro atoms. The molecule has 2 unspecified atom stereocenters. The molecule has 1 aliphatic heterocycles. The zero-order valence-corrected chi connectivity index (χ0v) is 10.9. The first-order valence-electron chi connectivity index (χ1n) is 6.05. The minimum absolute atomic E-state index is 0.0531. The Morgan fingerprint density at radius 1 is 1.56 bits per heavy atom. The van der Waals surface area contributed by atoms with Gasteiger partial charge in [0.25, 0.3) is 5.91 Å². The topological polar surface area (TPSA) is 51.7 Å². The lowest BCUT2D eigenvalue weighted by atomic mass is 10.1. The van der Waals surface area contributed by atoms with Crippen molar-refractivity contribution in [2.24, 2.45) is 0 Å². The monoisotopic (exact) mass is 250 g/mol. The summed E-state index contributed by atoms with van der Waals surface area (Å²) in [4.78, 5) is 18.4. The molecule has 1 fully saturated rings. The van der Waals surface area contributed by atoms with Crippen LogP contribution in [0.25, 0.3) is 0 Å². The van der Waals surface area contributed by atoms with Crippen molar-refractivity contribution in [3.8, 4) is 5.88 Å². The summed E-state index contributed by atoms with van der Waals surface area (Å²) in [6.07, 6.45) is 1.67. The van der Waals surface area contributed by atoms with Gasteiger partial charge in [0.2, 0.25) is 5.88 Å². The van der Waals surface area contributed by atoms with Crippen molar-refractivity contribution >= 4 is 5.91 Å². The van der Waals surface area contributed by atoms with Crippen LogP contribution in [-0.4, -0.2) is 48.2 Å². The summed E-state index contributed by atoms with van der Waals surface area (Å²) in [5.41, 5.74) is 0.501. The van der Waals surface area contributed by atoms with E-state index in [2.05, 4.69) is 4.98 Å². The molecular formula is C13H18N2O3. The zero-order chi connectivity index (χ0) is 13.1. The summed E-state index contributed by atoms with van der Waals surface area (Å²) in [6, 6.07) is 3.55. The molecule has 2 rings (SSSR count). The second-order valence-corrected chi connectivity index (χ2v) is 4.51. The van der Waals surface area contributed by atoms with E-state index in [0.29, 0.717) is 24.6 Å². The second-order valence-electron chi connectivity index (χ2n) is 4.51. The van der Waals surface area contributed by atoms with Gasteiger partial charge < -0.3 is 14.4 Å². The zero-order valence-electron chi connectivity index (χ0n) is 10.9. The average Bonchev–Trinajstić information content (AvgIpc) is 2.40. The minimum Gasteiger partial charge on any atom is -0.480 e. The lowest BCUT2D eigenvalue weighted by Crippen LogP contribution is -2.50. The summed E-state index contributed by atoms with van der Waals surface area (Å²) in [6.45, 7) is 5.10. The first-order chi connectivity index (χ1) is 8.63. The lowest BCUT2D eigenvalue weighted by molar-refractivity contribution is -0.0388. The van der Waals surface area contributed by atoms with Crippen LogP contribution in [-0.2, 0) is 4.74 Å². The minimum atomic E-state index is -0.0531. The molecule has 98 valence electrons. The van der Waals surface area contributed by atoms with Gasteiger partial charge in [-0.15, -0.1) is 0 Å². The Kier molecular flexibility index (Phi) is 3.81. The van der Waals surface area contributed by atoms with E-state index in [1.807, 2.05) is 18.7 Å². The van der Waals surface area contributed by atoms with Gasteiger partial charge in [-0.3, -0.25) is 4.79 Å². The Bertz CT molecular complexity index is 436. The van der Waals surface area contributed by atoms with E-state index < -0.39 is 0 Å². The van der Waals surface area contributed by atoms with Crippen LogP contribution in [0.2, 0.25) is 0 Å². The second kappa shape index (κ2) is 5.35. The molecule has 0 aromatic carbocycles. The number of ether oxygens (including phenoxy) is 2. The summed E-state index contributed by atoms with van der Waals surface area (Å²) in [5, 5.41) is 0. The maximum absolute atomic E-state index is 12.5. The van der Waals surface area contributed by atoms with Gasteiger partial charge in [-0.1, -0.05) is 0 Å². The first-order valence-corrected chi connectivity index (χ1v) is 6.05. The molecule has 0 bridgehead atoms. The molecule has 1 aromatic rings. The lowest BCUT2D eigenvalue weighted by Gasteiger charge is -2.36. The van der Waals surface area contributed by atoms with Crippen LogP contribution in [0.3, 0.4) is 0 Å². The van der Waals surface area contributed by atoms with Crippen LogP contribution in [0, 0.1) is 0 Å². The highest BCUT2D eigenvalue weighted by Gasteiger charge is 2.29. The van der Waals surface area contributed by atoms with Crippen LogP contribution in [0.4, 0.5) is 0 Å². The molecule has 1 amide bonds. The number of morpholine rings is 1. The summed E-state index contributed by atoms with van der Waals surface area (Å²) >= 11 is 0. The van der Waals surface area contributed by atoms with E-state index in [1.165, 1.54) is 7.11 Å². The summed E-state index contributed by atoms with van der Waals surface area (Å²) in [5.74, 6) is 0.316. The standard InChI is InChI=1S/C13H18N2O3/c1-9-8-18-10(2)7-15(9)13(16)11-5-4-6-14-12(11)17-3/h4-6,9-10H,7-8H2,1-3H3. The first kappa shape index (κ1) is 12.8. The van der Waals surface area contributed by atoms with Gasteiger partial charge in [-0.05, 0) is 26.0 Å². The van der Waals surface area contributed by atoms with Crippen molar-refractivity contribution in [2.75, 3.05) is 20.3 Å². The highest BCUT2D eigenvalue weighted by atomic mass is 16.5. The maximum atomic E-state index is 12.5. The third-order valence-corrected chi connectivity index (χ3v) is 3.06. The Morgan fingerprint density at radius 2 is 2.33 bits per heavy atom. The van der Waals surface area contributed by atoms with Crippen molar-refractivity contribution in [3.05, 3.63) is 23.9 Å². The molecular weight excluding hydrogens is 232 g/mol. The van der Waals surface area contributed by atoms with Crippen LogP contribution in [0.15, 0.2) is 18.3 Å². The van der Waals surface area contributed by atoms with Crippen LogP contribution in [0.1, 0.15) is 24.2 Å². The Labute approximate surface area is 107 Å². The number of nitrogens with zero attached hydrogens (tertiary/aromatic N) is 2. The fourth-order valence-corrected chi connectivity index (χ4v) is 2.06. The predicted molar refractivity (Wildman–Crippen MR) is 66.7 cm³/mol. The number of pyridine rings is 1. The molecule has 0 N–H and O–H groups in total. The normalized spacial score (nSPS) is 23.8. The third-order valence-electron chi connectivity index (χ3n) is 3.06. The molecule has 0 aliphatic carbocycles. The summed E-state index contributed by atoms with van der Waals surface area (Å²) < 4.78 is 10.7. The fraction of sp³-hybridized carbons (Fsp3) is 0.538. The van der Waals surface area contributed by atoms with Crippen LogP contribution >= 0.6 is 0 Å². The highest BCUT2D eigenvalue weighted by molar-refractivity contribution is 5.96. The van der Waals surface area contributed by atoms with Gasteiger partial charge in [-0.2, -0.15) is 0 Å². The van der Waals surface area contributed by atoms with Gasteiger partial charge in [0.05, 0.1) is 25.9 Å². The maximum Gasteiger partial charge on any atom is 0.259 e. The molecule has 1 aliphatic rings. The van der Waals surface area contributed by atoms with Crippen molar-refractivity contribution in [1.29, 1.82) is 0 Å². The summed E-state index contributed by atoms with van der Waals surface area (Å²) in [7, 11) is 1.52. The number of aromatic nitrogens is 1. The largest absolute Gasteiger partial charge is 0.480 e. The van der Waals surface area contributed by atoms with Gasteiger partial charge in [0, 0.05) is 12.7 Å². The van der Waals surface area contributed by atoms with Crippen LogP contribution in [0.5, 0.6) is 5.88 Å². The molecule has 5 heteroatoms. The van der Waals surface area contributed by atoms with Crippen molar-refractivity contribution < 1.29 is 14.3 Å². The number of carbonyl (C=O) groups is 1. The van der Waals surface area contributed by atoms with Crippen LogP contribution < -0.4 is 4.74 Å². The highest BCUT2D eigenvalue weighted by Crippen LogP contribution is 2.20. The van der Waals surface area contributed by atoms with E-state index in [1.54, 1.807) is 18.3 Å². The molecule has 2 atom stereocenters. The number of hydrogen-bond donors (Lipinski definition) is 0. The average molecular weight is 250 g/mol. The molecule has 1 saturated heterocycles. The third kappa shape index (κ3) is 2.46. The molecule has 18 heavy (non-hydrogen) atoms. The van der Waals surface area contributed by atoms with Gasteiger partial charge in [0.15, 0.2) is 0 Å². The van der Waals surface area contributed by atoms with Gasteiger partial charge >= 0.3 is 0 Å². The fourth-order valence-electron chi connectivity index (χ4n) is 2.06. The Hall–Kier alpha value is -1.62. The van der Waals surface area contributed by atoms with E-state index in [9.17, 15) is 4.79 Å². The number of amides is 1. The van der Waals surface area contributed by atoms with Crippen molar-refractivity contribution in [2.45, 2.75) is 26.0 Å². The molecule has 1 aromatic heterocycles. The van der Waals surface area contributed by atoms with E-state index in [0.717, 1.165) is 0 Å². The Morgan fingerprint density at radius 3 is 3.06 bits per heavy atom. The van der Waals surface area contributed by atoms with Gasteiger partial charge in [0.1, 0.15) is 5.56 Å². The Balaban J connectivity index is 2.24. The number of carbonyl (C=O) groups excluding carboxylic acids is 1. The molecule has 2 heterocycles. The van der Waals surface area contributed by atoms with E-state index >= 15 is 0 Å². The van der Waals surface area contributed by atoms with Crippen molar-refractivity contribution in [1.82, 2.24) is 9.88 Å².